The molecule has 1 heterocycles. The second kappa shape index (κ2) is 6.91. The second-order valence-corrected chi connectivity index (χ2v) is 7.79. The quantitative estimate of drug-likeness (QED) is 0.807. The lowest BCUT2D eigenvalue weighted by Crippen LogP contribution is -2.39. The lowest BCUT2D eigenvalue weighted by molar-refractivity contribution is -0.138. The average Bonchev–Trinajstić information content (AvgIpc) is 2.52. The van der Waals surface area contributed by atoms with Crippen LogP contribution < -0.4 is 5.32 Å². The Bertz CT molecular complexity index is 863. The van der Waals surface area contributed by atoms with Crippen LogP contribution in [-0.4, -0.2) is 18.4 Å². The fraction of sp³-hybridized carbons (Fsp3) is 0.429. The van der Waals surface area contributed by atoms with Crippen molar-refractivity contribution in [2.24, 2.45) is 5.41 Å². The van der Waals surface area contributed by atoms with E-state index in [4.69, 9.17) is 4.74 Å². The number of carbonyl (C=O) groups is 2. The number of hydrogen-bond acceptors (Lipinski definition) is 4. The third-order valence-electron chi connectivity index (χ3n) is 5.02. The van der Waals surface area contributed by atoms with E-state index in [-0.39, 0.29) is 40.9 Å². The molecule has 1 aliphatic heterocycles. The molecule has 1 N–H and O–H groups in total. The zero-order valence-corrected chi connectivity index (χ0v) is 15.9. The van der Waals surface area contributed by atoms with Gasteiger partial charge in [0.25, 0.3) is 0 Å². The minimum absolute atomic E-state index is 0.0765. The SMILES string of the molecule is CCOC(=O)C1=C(C)NC2=C(C(=O)CC(C)(C)C2)[C@@H]1c1c(F)cccc1F. The van der Waals surface area contributed by atoms with E-state index in [1.54, 1.807) is 13.8 Å². The van der Waals surface area contributed by atoms with Gasteiger partial charge in [-0.05, 0) is 37.8 Å². The van der Waals surface area contributed by atoms with Crippen LogP contribution in [0, 0.1) is 17.0 Å². The summed E-state index contributed by atoms with van der Waals surface area (Å²) in [6.07, 6.45) is 0.795. The molecule has 4 nitrogen and oxygen atoms in total. The van der Waals surface area contributed by atoms with Crippen molar-refractivity contribution < 1.29 is 23.1 Å². The van der Waals surface area contributed by atoms with E-state index >= 15 is 0 Å². The van der Waals surface area contributed by atoms with Crippen molar-refractivity contribution in [3.63, 3.8) is 0 Å². The van der Waals surface area contributed by atoms with Crippen molar-refractivity contribution in [1.29, 1.82) is 0 Å². The molecule has 1 aromatic carbocycles. The summed E-state index contributed by atoms with van der Waals surface area (Å²) < 4.78 is 34.4. The Balaban J connectivity index is 2.26. The number of ether oxygens (including phenoxy) is 1. The summed E-state index contributed by atoms with van der Waals surface area (Å²) in [6.45, 7) is 7.37. The zero-order chi connectivity index (χ0) is 19.9. The van der Waals surface area contributed by atoms with Gasteiger partial charge in [-0.3, -0.25) is 4.79 Å². The first-order valence-corrected chi connectivity index (χ1v) is 9.01. The molecule has 6 heteroatoms. The summed E-state index contributed by atoms with van der Waals surface area (Å²) >= 11 is 0. The molecule has 1 atom stereocenters. The van der Waals surface area contributed by atoms with Crippen molar-refractivity contribution >= 4 is 11.8 Å². The Morgan fingerprint density at radius 1 is 1.26 bits per heavy atom. The maximum absolute atomic E-state index is 14.7. The molecule has 0 saturated heterocycles. The number of benzene rings is 1. The molecule has 0 amide bonds. The molecule has 27 heavy (non-hydrogen) atoms. The lowest BCUT2D eigenvalue weighted by Gasteiger charge is -2.39. The molecule has 0 radical (unpaired) electrons. The number of dihydropyridines is 1. The second-order valence-electron chi connectivity index (χ2n) is 7.79. The molecule has 0 saturated carbocycles. The highest BCUT2D eigenvalue weighted by Gasteiger charge is 2.44. The summed E-state index contributed by atoms with van der Waals surface area (Å²) in [7, 11) is 0. The highest BCUT2D eigenvalue weighted by molar-refractivity contribution is 6.04. The summed E-state index contributed by atoms with van der Waals surface area (Å²) in [4.78, 5) is 25.6. The average molecular weight is 375 g/mol. The summed E-state index contributed by atoms with van der Waals surface area (Å²) in [5.74, 6) is -3.60. The van der Waals surface area contributed by atoms with E-state index in [1.807, 2.05) is 13.8 Å². The molecule has 0 unspecified atom stereocenters. The number of hydrogen-bond donors (Lipinski definition) is 1. The Kier molecular flexibility index (Phi) is 4.93. The molecular weight excluding hydrogens is 352 g/mol. The van der Waals surface area contributed by atoms with Crippen LogP contribution in [-0.2, 0) is 14.3 Å². The number of carbonyl (C=O) groups excluding carboxylic acids is 2. The maximum Gasteiger partial charge on any atom is 0.336 e. The van der Waals surface area contributed by atoms with Gasteiger partial charge in [0.1, 0.15) is 11.6 Å². The van der Waals surface area contributed by atoms with Gasteiger partial charge in [0.2, 0.25) is 0 Å². The summed E-state index contributed by atoms with van der Waals surface area (Å²) in [5, 5.41) is 3.13. The fourth-order valence-electron chi connectivity index (χ4n) is 3.99. The van der Waals surface area contributed by atoms with Gasteiger partial charge >= 0.3 is 5.97 Å². The van der Waals surface area contributed by atoms with E-state index in [0.717, 1.165) is 12.1 Å². The molecule has 0 bridgehead atoms. The maximum atomic E-state index is 14.7. The summed E-state index contributed by atoms with van der Waals surface area (Å²) in [6, 6.07) is 3.53. The zero-order valence-electron chi connectivity index (χ0n) is 15.9. The first-order chi connectivity index (χ1) is 12.7. The van der Waals surface area contributed by atoms with Crippen LogP contribution in [0.5, 0.6) is 0 Å². The molecule has 3 rings (SSSR count). The molecule has 0 aromatic heterocycles. The smallest absolute Gasteiger partial charge is 0.336 e. The third kappa shape index (κ3) is 3.40. The Labute approximate surface area is 157 Å². The molecule has 2 aliphatic rings. The van der Waals surface area contributed by atoms with Crippen molar-refractivity contribution in [2.75, 3.05) is 6.61 Å². The number of Topliss-reactive ketones (excluding diaryl/α,β-unsaturated/α-hetero) is 1. The molecule has 0 fully saturated rings. The Morgan fingerprint density at radius 2 is 1.89 bits per heavy atom. The normalized spacial score (nSPS) is 21.7. The Morgan fingerprint density at radius 3 is 2.48 bits per heavy atom. The van der Waals surface area contributed by atoms with Gasteiger partial charge in [0.15, 0.2) is 5.78 Å². The van der Waals surface area contributed by atoms with Gasteiger partial charge in [0, 0.05) is 29.0 Å². The predicted octanol–water partition coefficient (Wildman–Crippen LogP) is 4.13. The predicted molar refractivity (Wildman–Crippen MR) is 96.6 cm³/mol. The lowest BCUT2D eigenvalue weighted by atomic mass is 9.68. The minimum atomic E-state index is -1.12. The monoisotopic (exact) mass is 375 g/mol. The molecule has 1 aliphatic carbocycles. The van der Waals surface area contributed by atoms with E-state index in [0.29, 0.717) is 17.8 Å². The molecule has 0 spiro atoms. The van der Waals surface area contributed by atoms with E-state index in [1.165, 1.54) is 6.07 Å². The molecule has 1 aromatic rings. The highest BCUT2D eigenvalue weighted by Crippen LogP contribution is 2.47. The van der Waals surface area contributed by atoms with Crippen molar-refractivity contribution in [3.8, 4) is 0 Å². The van der Waals surface area contributed by atoms with Gasteiger partial charge in [-0.2, -0.15) is 0 Å². The Hall–Kier alpha value is -2.50. The van der Waals surface area contributed by atoms with E-state index < -0.39 is 23.5 Å². The summed E-state index contributed by atoms with van der Waals surface area (Å²) in [5.41, 5.74) is 0.838. The number of ketones is 1. The number of halogens is 2. The van der Waals surface area contributed by atoms with Crippen LogP contribution in [0.2, 0.25) is 0 Å². The van der Waals surface area contributed by atoms with Crippen molar-refractivity contribution in [1.82, 2.24) is 5.32 Å². The van der Waals surface area contributed by atoms with Gasteiger partial charge < -0.3 is 10.1 Å². The highest BCUT2D eigenvalue weighted by atomic mass is 19.1. The fourth-order valence-corrected chi connectivity index (χ4v) is 3.99. The largest absolute Gasteiger partial charge is 0.463 e. The standard InChI is InChI=1S/C21H23F2NO3/c1-5-27-20(26)16-11(2)24-14-9-21(3,4)10-15(25)18(14)19(16)17-12(22)7-6-8-13(17)23/h6-8,19,24H,5,9-10H2,1-4H3/t19-/m0/s1. The van der Waals surface area contributed by atoms with Crippen LogP contribution in [0.4, 0.5) is 8.78 Å². The van der Waals surface area contributed by atoms with Crippen molar-refractivity contribution in [3.05, 3.63) is 57.9 Å². The number of nitrogens with one attached hydrogen (secondary N) is 1. The molecule has 144 valence electrons. The molecular formula is C21H23F2NO3. The number of rotatable bonds is 3. The first kappa shape index (κ1) is 19.3. The minimum Gasteiger partial charge on any atom is -0.463 e. The van der Waals surface area contributed by atoms with Gasteiger partial charge in [-0.25, -0.2) is 13.6 Å². The van der Waals surface area contributed by atoms with Gasteiger partial charge in [-0.15, -0.1) is 0 Å². The van der Waals surface area contributed by atoms with E-state index in [9.17, 15) is 18.4 Å². The number of esters is 1. The van der Waals surface area contributed by atoms with Crippen LogP contribution >= 0.6 is 0 Å². The van der Waals surface area contributed by atoms with Gasteiger partial charge in [0.05, 0.1) is 18.1 Å². The number of allylic oxidation sites excluding steroid dienone is 3. The topological polar surface area (TPSA) is 55.4 Å². The van der Waals surface area contributed by atoms with Crippen LogP contribution in [0.25, 0.3) is 0 Å². The van der Waals surface area contributed by atoms with Crippen LogP contribution in [0.3, 0.4) is 0 Å². The van der Waals surface area contributed by atoms with E-state index in [2.05, 4.69) is 5.32 Å². The first-order valence-electron chi connectivity index (χ1n) is 9.01. The van der Waals surface area contributed by atoms with Crippen LogP contribution in [0.15, 0.2) is 40.7 Å². The van der Waals surface area contributed by atoms with Crippen LogP contribution in [0.1, 0.15) is 52.0 Å². The third-order valence-corrected chi connectivity index (χ3v) is 5.02. The van der Waals surface area contributed by atoms with Gasteiger partial charge in [-0.1, -0.05) is 19.9 Å². The van der Waals surface area contributed by atoms with Crippen molar-refractivity contribution in [2.45, 2.75) is 46.5 Å².